The van der Waals surface area contributed by atoms with Gasteiger partial charge in [-0.2, -0.15) is 0 Å². The zero-order chi connectivity index (χ0) is 17.7. The molecule has 0 N–H and O–H groups in total. The topological polar surface area (TPSA) is 12.5 Å². The van der Waals surface area contributed by atoms with Crippen molar-refractivity contribution in [3.63, 3.8) is 0 Å². The van der Waals surface area contributed by atoms with Gasteiger partial charge in [0.15, 0.2) is 0 Å². The summed E-state index contributed by atoms with van der Waals surface area (Å²) in [4.78, 5) is 2.46. The maximum atomic E-state index is 13.5. The molecular formula is C21H31F2NO. The van der Waals surface area contributed by atoms with Gasteiger partial charge in [0.25, 0.3) is 0 Å². The molecule has 3 rings (SSSR count). The fourth-order valence-corrected chi connectivity index (χ4v) is 4.31. The van der Waals surface area contributed by atoms with Crippen LogP contribution in [-0.4, -0.2) is 30.1 Å². The number of hydrogen-bond acceptors (Lipinski definition) is 2. The minimum absolute atomic E-state index is 0.180. The predicted octanol–water partition coefficient (Wildman–Crippen LogP) is 5.48. The Labute approximate surface area is 150 Å². The molecule has 4 heteroatoms. The Morgan fingerprint density at radius 1 is 1.04 bits per heavy atom. The molecule has 0 spiro atoms. The Morgan fingerprint density at radius 3 is 2.44 bits per heavy atom. The van der Waals surface area contributed by atoms with E-state index in [4.69, 9.17) is 4.74 Å². The Bertz CT molecular complexity index is 508. The summed E-state index contributed by atoms with van der Waals surface area (Å²) < 4.78 is 33.2. The molecule has 1 unspecified atom stereocenters. The van der Waals surface area contributed by atoms with Crippen LogP contribution in [0.3, 0.4) is 0 Å². The van der Waals surface area contributed by atoms with E-state index < -0.39 is 11.8 Å². The van der Waals surface area contributed by atoms with E-state index >= 15 is 0 Å². The van der Waals surface area contributed by atoms with Crippen LogP contribution in [0.15, 0.2) is 30.3 Å². The fourth-order valence-electron chi connectivity index (χ4n) is 4.31. The van der Waals surface area contributed by atoms with Crippen LogP contribution in [0.2, 0.25) is 0 Å². The minimum Gasteiger partial charge on any atom is -0.358 e. The number of nitrogens with zero attached hydrogens (tertiary/aromatic N) is 1. The minimum atomic E-state index is -2.52. The highest BCUT2D eigenvalue weighted by molar-refractivity contribution is 5.13. The van der Waals surface area contributed by atoms with Crippen molar-refractivity contribution in [2.75, 3.05) is 13.1 Å². The smallest absolute Gasteiger partial charge is 0.248 e. The molecule has 0 bridgehead atoms. The van der Waals surface area contributed by atoms with E-state index in [0.29, 0.717) is 25.4 Å². The first-order chi connectivity index (χ1) is 12.0. The van der Waals surface area contributed by atoms with Gasteiger partial charge in [0.1, 0.15) is 6.23 Å². The van der Waals surface area contributed by atoms with Crippen molar-refractivity contribution in [1.82, 2.24) is 4.90 Å². The molecule has 1 aliphatic heterocycles. The van der Waals surface area contributed by atoms with Crippen LogP contribution in [0.25, 0.3) is 0 Å². The first-order valence-corrected chi connectivity index (χ1v) is 9.80. The molecule has 2 fully saturated rings. The Kier molecular flexibility index (Phi) is 6.45. The molecule has 25 heavy (non-hydrogen) atoms. The molecule has 1 saturated carbocycles. The first-order valence-electron chi connectivity index (χ1n) is 9.80. The summed E-state index contributed by atoms with van der Waals surface area (Å²) in [6.07, 6.45) is 6.87. The van der Waals surface area contributed by atoms with Crippen molar-refractivity contribution in [2.24, 2.45) is 11.8 Å². The zero-order valence-corrected chi connectivity index (χ0v) is 15.3. The molecule has 1 saturated heterocycles. The van der Waals surface area contributed by atoms with Gasteiger partial charge in [0.05, 0.1) is 6.61 Å². The highest BCUT2D eigenvalue weighted by Crippen LogP contribution is 2.39. The molecule has 1 heterocycles. The van der Waals surface area contributed by atoms with Gasteiger partial charge in [0.2, 0.25) is 5.92 Å². The van der Waals surface area contributed by atoms with Crippen LogP contribution in [0.1, 0.15) is 57.4 Å². The second-order valence-electron chi connectivity index (χ2n) is 7.92. The van der Waals surface area contributed by atoms with Crippen molar-refractivity contribution in [3.05, 3.63) is 35.9 Å². The van der Waals surface area contributed by atoms with Gasteiger partial charge in [-0.25, -0.2) is 8.78 Å². The third-order valence-electron chi connectivity index (χ3n) is 5.90. The molecule has 1 aliphatic carbocycles. The van der Waals surface area contributed by atoms with E-state index in [-0.39, 0.29) is 6.23 Å². The molecule has 2 aliphatic rings. The van der Waals surface area contributed by atoms with E-state index in [1.165, 1.54) is 18.4 Å². The number of ether oxygens (including phenoxy) is 1. The zero-order valence-electron chi connectivity index (χ0n) is 15.3. The summed E-state index contributed by atoms with van der Waals surface area (Å²) in [6, 6.07) is 10.3. The largest absolute Gasteiger partial charge is 0.358 e. The molecule has 0 radical (unpaired) electrons. The van der Waals surface area contributed by atoms with Crippen molar-refractivity contribution >= 4 is 0 Å². The van der Waals surface area contributed by atoms with Gasteiger partial charge in [-0.3, -0.25) is 4.90 Å². The van der Waals surface area contributed by atoms with Gasteiger partial charge in [-0.05, 0) is 63.4 Å². The standard InChI is InChI=1S/C21H31F2NO/c1-21(22,23)19-12-10-17(11-13-19)15-24-14-6-5-9-20(24)25-16-18-7-3-2-4-8-18/h2-4,7-8,17,19-20H,5-6,9-16H2,1H3. The van der Waals surface area contributed by atoms with Crippen LogP contribution in [0, 0.1) is 11.8 Å². The van der Waals surface area contributed by atoms with E-state index in [9.17, 15) is 8.78 Å². The number of benzene rings is 1. The second-order valence-corrected chi connectivity index (χ2v) is 7.92. The molecule has 2 nitrogen and oxygen atoms in total. The number of piperidine rings is 1. The number of rotatable bonds is 6. The fraction of sp³-hybridized carbons (Fsp3) is 0.714. The van der Waals surface area contributed by atoms with Gasteiger partial charge >= 0.3 is 0 Å². The predicted molar refractivity (Wildman–Crippen MR) is 96.5 cm³/mol. The maximum Gasteiger partial charge on any atom is 0.248 e. The Balaban J connectivity index is 1.48. The monoisotopic (exact) mass is 351 g/mol. The van der Waals surface area contributed by atoms with Crippen LogP contribution in [-0.2, 0) is 11.3 Å². The molecular weight excluding hydrogens is 320 g/mol. The molecule has 1 aromatic rings. The SMILES string of the molecule is CC(F)(F)C1CCC(CN2CCCCC2OCc2ccccc2)CC1. The molecule has 1 atom stereocenters. The van der Waals surface area contributed by atoms with Crippen LogP contribution < -0.4 is 0 Å². The highest BCUT2D eigenvalue weighted by atomic mass is 19.3. The highest BCUT2D eigenvalue weighted by Gasteiger charge is 2.37. The summed E-state index contributed by atoms with van der Waals surface area (Å²) in [6.45, 7) is 3.80. The average molecular weight is 351 g/mol. The lowest BCUT2D eigenvalue weighted by Crippen LogP contribution is -2.44. The maximum absolute atomic E-state index is 13.5. The van der Waals surface area contributed by atoms with Crippen LogP contribution >= 0.6 is 0 Å². The number of likely N-dealkylation sites (tertiary alicyclic amines) is 1. The summed E-state index contributed by atoms with van der Waals surface area (Å²) in [5, 5.41) is 0. The van der Waals surface area contributed by atoms with Crippen molar-refractivity contribution in [3.8, 4) is 0 Å². The van der Waals surface area contributed by atoms with Crippen LogP contribution in [0.5, 0.6) is 0 Å². The molecule has 1 aromatic carbocycles. The summed E-state index contributed by atoms with van der Waals surface area (Å²) in [5.41, 5.74) is 1.21. The summed E-state index contributed by atoms with van der Waals surface area (Å²) in [7, 11) is 0. The summed E-state index contributed by atoms with van der Waals surface area (Å²) >= 11 is 0. The number of alkyl halides is 2. The lowest BCUT2D eigenvalue weighted by molar-refractivity contribution is -0.0996. The summed E-state index contributed by atoms with van der Waals surface area (Å²) in [5.74, 6) is -2.40. The lowest BCUT2D eigenvalue weighted by atomic mass is 9.79. The van der Waals surface area contributed by atoms with Crippen LogP contribution in [0.4, 0.5) is 8.78 Å². The van der Waals surface area contributed by atoms with Crippen molar-refractivity contribution in [2.45, 2.75) is 70.6 Å². The van der Waals surface area contributed by atoms with E-state index in [1.54, 1.807) is 0 Å². The molecule has 140 valence electrons. The Morgan fingerprint density at radius 2 is 1.76 bits per heavy atom. The van der Waals surface area contributed by atoms with E-state index in [0.717, 1.165) is 39.3 Å². The van der Waals surface area contributed by atoms with Gasteiger partial charge < -0.3 is 4.74 Å². The van der Waals surface area contributed by atoms with E-state index in [1.807, 2.05) is 18.2 Å². The number of halogens is 2. The van der Waals surface area contributed by atoms with Gasteiger partial charge in [-0.1, -0.05) is 30.3 Å². The first kappa shape index (κ1) is 18.8. The van der Waals surface area contributed by atoms with Gasteiger partial charge in [0, 0.05) is 19.0 Å². The third-order valence-corrected chi connectivity index (χ3v) is 5.90. The molecule has 0 amide bonds. The number of hydrogen-bond donors (Lipinski definition) is 0. The average Bonchev–Trinajstić information content (AvgIpc) is 2.62. The van der Waals surface area contributed by atoms with Crippen molar-refractivity contribution in [1.29, 1.82) is 0 Å². The van der Waals surface area contributed by atoms with E-state index in [2.05, 4.69) is 17.0 Å². The van der Waals surface area contributed by atoms with Crippen molar-refractivity contribution < 1.29 is 13.5 Å². The molecule has 0 aromatic heterocycles. The Hall–Kier alpha value is -1.00. The quantitative estimate of drug-likeness (QED) is 0.673. The second kappa shape index (κ2) is 8.59. The van der Waals surface area contributed by atoms with Gasteiger partial charge in [-0.15, -0.1) is 0 Å². The third kappa shape index (κ3) is 5.49. The lowest BCUT2D eigenvalue weighted by Gasteiger charge is -2.40. The normalized spacial score (nSPS) is 28.8.